The van der Waals surface area contributed by atoms with Crippen LogP contribution in [0.4, 0.5) is 8.78 Å². The van der Waals surface area contributed by atoms with Crippen LogP contribution in [0.1, 0.15) is 30.0 Å². The van der Waals surface area contributed by atoms with Crippen molar-refractivity contribution in [2.45, 2.75) is 38.0 Å². The van der Waals surface area contributed by atoms with Gasteiger partial charge in [0, 0.05) is 47.7 Å². The molecule has 0 aliphatic carbocycles. The van der Waals surface area contributed by atoms with E-state index in [2.05, 4.69) is 26.8 Å². The van der Waals surface area contributed by atoms with Gasteiger partial charge in [0.2, 0.25) is 5.90 Å². The molecule has 3 aromatic carbocycles. The topological polar surface area (TPSA) is 92.2 Å². The molecule has 0 fully saturated rings. The zero-order chi connectivity index (χ0) is 27.1. The molecule has 3 N–H and O–H groups in total. The normalized spacial score (nSPS) is 18.6. The van der Waals surface area contributed by atoms with E-state index >= 15 is 0 Å². The Hall–Kier alpha value is -3.34. The Bertz CT molecular complexity index is 1290. The van der Waals surface area contributed by atoms with Gasteiger partial charge in [-0.05, 0) is 55.0 Å². The number of halogens is 3. The number of nitrogens with zero attached hydrogens (tertiary/aromatic N) is 1. The molecular formula is C28H28BrF2N3O4. The molecule has 2 atom stereocenters. The first-order chi connectivity index (χ1) is 18.3. The van der Waals surface area contributed by atoms with Crippen LogP contribution in [0.15, 0.2) is 76.2 Å². The Balaban J connectivity index is 1.56. The van der Waals surface area contributed by atoms with Crippen LogP contribution >= 0.6 is 15.9 Å². The smallest absolute Gasteiger partial charge is 0.266 e. The number of hydrogen-bond donors (Lipinski definition) is 3. The molecule has 0 saturated heterocycles. The molecule has 1 amide bonds. The highest BCUT2D eigenvalue weighted by molar-refractivity contribution is 9.10. The minimum absolute atomic E-state index is 0.0459. The fraction of sp³-hybridized carbons (Fsp3) is 0.286. The molecule has 1 aliphatic heterocycles. The third kappa shape index (κ3) is 6.56. The molecule has 0 unspecified atom stereocenters. The van der Waals surface area contributed by atoms with Crippen LogP contribution in [0.25, 0.3) is 0 Å². The second-order valence-electron chi connectivity index (χ2n) is 8.90. The maximum Gasteiger partial charge on any atom is 0.266 e. The van der Waals surface area contributed by atoms with Gasteiger partial charge in [0.1, 0.15) is 23.5 Å². The van der Waals surface area contributed by atoms with Crippen molar-refractivity contribution in [2.24, 2.45) is 4.99 Å². The summed E-state index contributed by atoms with van der Waals surface area (Å²) in [5, 5.41) is 8.92. The van der Waals surface area contributed by atoms with Gasteiger partial charge in [-0.15, -0.1) is 0 Å². The fourth-order valence-electron chi connectivity index (χ4n) is 4.05. The third-order valence-electron chi connectivity index (χ3n) is 6.21. The highest BCUT2D eigenvalue weighted by Crippen LogP contribution is 2.33. The number of aliphatic hydroxyl groups excluding tert-OH is 1. The van der Waals surface area contributed by atoms with Gasteiger partial charge in [0.05, 0.1) is 6.61 Å². The van der Waals surface area contributed by atoms with E-state index in [9.17, 15) is 13.6 Å². The zero-order valence-electron chi connectivity index (χ0n) is 20.7. The second-order valence-corrected chi connectivity index (χ2v) is 9.81. The van der Waals surface area contributed by atoms with Gasteiger partial charge in [0.25, 0.3) is 5.91 Å². The Morgan fingerprint density at radius 1 is 1.13 bits per heavy atom. The molecule has 1 heterocycles. The molecule has 10 heteroatoms. The SMILES string of the molecule is C[C@@H]1OC(c2ccc(OCCCO)cc2)=N[C@]1(Cc1ccc(Br)cc1)C(=O)NNCc1ccc(F)cc1F. The quantitative estimate of drug-likeness (QED) is 0.228. The van der Waals surface area contributed by atoms with Crippen molar-refractivity contribution in [3.63, 3.8) is 0 Å². The summed E-state index contributed by atoms with van der Waals surface area (Å²) < 4.78 is 39.8. The monoisotopic (exact) mass is 587 g/mol. The first-order valence-electron chi connectivity index (χ1n) is 12.1. The van der Waals surface area contributed by atoms with Crippen molar-refractivity contribution < 1.29 is 28.2 Å². The van der Waals surface area contributed by atoms with Crippen LogP contribution in [0.3, 0.4) is 0 Å². The van der Waals surface area contributed by atoms with E-state index < -0.39 is 29.2 Å². The van der Waals surface area contributed by atoms with Crippen molar-refractivity contribution in [2.75, 3.05) is 13.2 Å². The van der Waals surface area contributed by atoms with Crippen molar-refractivity contribution in [3.05, 3.63) is 99.5 Å². The molecule has 3 aromatic rings. The van der Waals surface area contributed by atoms with Crippen LogP contribution in [0, 0.1) is 11.6 Å². The van der Waals surface area contributed by atoms with Gasteiger partial charge >= 0.3 is 0 Å². The number of aliphatic imine (C=N–C) groups is 1. The summed E-state index contributed by atoms with van der Waals surface area (Å²) in [6, 6.07) is 18.0. The number of nitrogens with one attached hydrogen (secondary N) is 2. The van der Waals surface area contributed by atoms with Crippen molar-refractivity contribution in [1.82, 2.24) is 10.9 Å². The summed E-state index contributed by atoms with van der Waals surface area (Å²) in [7, 11) is 0. The molecule has 1 aliphatic rings. The van der Waals surface area contributed by atoms with Crippen LogP contribution < -0.4 is 15.6 Å². The molecular weight excluding hydrogens is 560 g/mol. The molecule has 0 saturated carbocycles. The molecule has 38 heavy (non-hydrogen) atoms. The summed E-state index contributed by atoms with van der Waals surface area (Å²) in [5.41, 5.74) is 5.82. The molecule has 7 nitrogen and oxygen atoms in total. The Kier molecular flexibility index (Phi) is 9.09. The molecule has 0 bridgehead atoms. The number of carbonyl (C=O) groups excluding carboxylic acids is 1. The highest BCUT2D eigenvalue weighted by Gasteiger charge is 2.50. The van der Waals surface area contributed by atoms with E-state index in [0.29, 0.717) is 30.2 Å². The lowest BCUT2D eigenvalue weighted by molar-refractivity contribution is -0.129. The van der Waals surface area contributed by atoms with E-state index in [4.69, 9.17) is 19.6 Å². The molecule has 4 rings (SSSR count). The summed E-state index contributed by atoms with van der Waals surface area (Å²) >= 11 is 3.43. The lowest BCUT2D eigenvalue weighted by atomic mass is 9.86. The van der Waals surface area contributed by atoms with Gasteiger partial charge in [-0.1, -0.05) is 34.1 Å². The Morgan fingerprint density at radius 3 is 2.55 bits per heavy atom. The van der Waals surface area contributed by atoms with Gasteiger partial charge < -0.3 is 14.6 Å². The van der Waals surface area contributed by atoms with Gasteiger partial charge in [-0.25, -0.2) is 19.2 Å². The number of hydrazine groups is 1. The van der Waals surface area contributed by atoms with E-state index in [1.54, 1.807) is 31.2 Å². The highest BCUT2D eigenvalue weighted by atomic mass is 79.9. The average molecular weight is 588 g/mol. The van der Waals surface area contributed by atoms with E-state index in [1.807, 2.05) is 24.3 Å². The maximum atomic E-state index is 14.0. The first kappa shape index (κ1) is 27.7. The maximum absolute atomic E-state index is 14.0. The van der Waals surface area contributed by atoms with Crippen LogP contribution in [0.5, 0.6) is 5.75 Å². The summed E-state index contributed by atoms with van der Waals surface area (Å²) in [5.74, 6) is -0.874. The minimum atomic E-state index is -1.31. The summed E-state index contributed by atoms with van der Waals surface area (Å²) in [4.78, 5) is 18.4. The van der Waals surface area contributed by atoms with Crippen molar-refractivity contribution in [3.8, 4) is 5.75 Å². The second kappa shape index (κ2) is 12.5. The Labute approximate surface area is 228 Å². The summed E-state index contributed by atoms with van der Waals surface area (Å²) in [6.07, 6.45) is 0.169. The lowest BCUT2D eigenvalue weighted by Crippen LogP contribution is -2.55. The lowest BCUT2D eigenvalue weighted by Gasteiger charge is -2.28. The molecule has 0 radical (unpaired) electrons. The number of aliphatic hydroxyl groups is 1. The van der Waals surface area contributed by atoms with Crippen LogP contribution in [0.2, 0.25) is 0 Å². The number of rotatable bonds is 11. The number of carbonyl (C=O) groups is 1. The van der Waals surface area contributed by atoms with E-state index in [-0.39, 0.29) is 25.1 Å². The largest absolute Gasteiger partial charge is 0.494 e. The number of hydrogen-bond acceptors (Lipinski definition) is 6. The molecule has 0 aromatic heterocycles. The predicted molar refractivity (Wildman–Crippen MR) is 143 cm³/mol. The van der Waals surface area contributed by atoms with Gasteiger partial charge in [-0.3, -0.25) is 10.2 Å². The first-order valence-corrected chi connectivity index (χ1v) is 12.9. The van der Waals surface area contributed by atoms with Crippen molar-refractivity contribution >= 4 is 27.7 Å². The van der Waals surface area contributed by atoms with Crippen molar-refractivity contribution in [1.29, 1.82) is 0 Å². The van der Waals surface area contributed by atoms with Gasteiger partial charge in [0.15, 0.2) is 5.54 Å². The third-order valence-corrected chi connectivity index (χ3v) is 6.74. The number of ether oxygens (including phenoxy) is 2. The summed E-state index contributed by atoms with van der Waals surface area (Å²) in [6.45, 7) is 2.18. The zero-order valence-corrected chi connectivity index (χ0v) is 22.3. The fourth-order valence-corrected chi connectivity index (χ4v) is 4.31. The molecule has 200 valence electrons. The van der Waals surface area contributed by atoms with E-state index in [0.717, 1.165) is 22.2 Å². The standard InChI is InChI=1S/C28H28BrF2N3O4/c1-18-28(16-19-3-8-22(29)9-4-19,27(36)34-32-17-21-5-10-23(30)15-25(21)31)33-26(38-18)20-6-11-24(12-7-20)37-14-2-13-35/h3-12,15,18,32,35H,2,13-14,16-17H2,1H3,(H,34,36)/t18-,28-/m0/s1. The van der Waals surface area contributed by atoms with E-state index in [1.165, 1.54) is 6.07 Å². The van der Waals surface area contributed by atoms with Crippen LogP contribution in [-0.4, -0.2) is 41.8 Å². The Morgan fingerprint density at radius 2 is 1.87 bits per heavy atom. The average Bonchev–Trinajstić information content (AvgIpc) is 3.24. The van der Waals surface area contributed by atoms with Crippen LogP contribution in [-0.2, 0) is 22.5 Å². The number of amides is 1. The predicted octanol–water partition coefficient (Wildman–Crippen LogP) is 4.46. The minimum Gasteiger partial charge on any atom is -0.494 e. The number of benzene rings is 3. The van der Waals surface area contributed by atoms with Gasteiger partial charge in [-0.2, -0.15) is 0 Å². The molecule has 0 spiro atoms.